The number of nitrogens with zero attached hydrogens (tertiary/aromatic N) is 2. The number of aromatic nitrogens is 1. The van der Waals surface area contributed by atoms with Crippen LogP contribution in [0.15, 0.2) is 29.3 Å². The number of primary amides is 1. The van der Waals surface area contributed by atoms with E-state index in [0.29, 0.717) is 25.5 Å². The Bertz CT molecular complexity index is 703. The van der Waals surface area contributed by atoms with E-state index in [1.165, 1.54) is 0 Å². The maximum absolute atomic E-state index is 11.7. The van der Waals surface area contributed by atoms with Gasteiger partial charge in [-0.15, -0.1) is 0 Å². The van der Waals surface area contributed by atoms with Crippen LogP contribution in [-0.2, 0) is 16.1 Å². The Balaban J connectivity index is 2.51. The summed E-state index contributed by atoms with van der Waals surface area (Å²) in [4.78, 5) is 17.1. The Hall–Kier alpha value is -1.66. The van der Waals surface area contributed by atoms with E-state index in [2.05, 4.69) is 35.5 Å². The topological polar surface area (TPSA) is 69.6 Å². The van der Waals surface area contributed by atoms with E-state index in [0.717, 1.165) is 15.0 Å². The van der Waals surface area contributed by atoms with Crippen LogP contribution in [0.5, 0.6) is 0 Å². The van der Waals surface area contributed by atoms with Crippen molar-refractivity contribution in [3.05, 3.63) is 29.1 Å². The van der Waals surface area contributed by atoms with Crippen LogP contribution in [0.2, 0.25) is 0 Å². The number of para-hydroxylation sites is 1. The molecule has 1 heterocycles. The molecule has 5 nitrogen and oxygen atoms in total. The van der Waals surface area contributed by atoms with Crippen LogP contribution in [0.4, 0.5) is 0 Å². The Labute approximate surface area is 134 Å². The molecule has 0 saturated carbocycles. The normalized spacial score (nSPS) is 13.9. The highest BCUT2D eigenvalue weighted by Gasteiger charge is 2.16. The first-order valence-electron chi connectivity index (χ1n) is 7.43. The smallest absolute Gasteiger partial charge is 0.242 e. The highest BCUT2D eigenvalue weighted by atomic mass is 32.1. The van der Waals surface area contributed by atoms with E-state index >= 15 is 0 Å². The standard InChI is InChI=1S/C16H23N3O2S/c1-11(2)10-12(15(17)20)18-16-19(8-9-21-3)13-6-4-5-7-14(13)22-16/h4-7,11-12H,8-10H2,1-3H3,(H2,17,20)/t12-/m0/s1. The van der Waals surface area contributed by atoms with Crippen LogP contribution in [0, 0.1) is 5.92 Å². The van der Waals surface area contributed by atoms with Crippen molar-refractivity contribution < 1.29 is 9.53 Å². The molecular formula is C16H23N3O2S. The molecular weight excluding hydrogens is 298 g/mol. The van der Waals surface area contributed by atoms with Crippen molar-refractivity contribution in [2.24, 2.45) is 16.6 Å². The molecule has 2 rings (SSSR count). The van der Waals surface area contributed by atoms with E-state index in [1.54, 1.807) is 18.4 Å². The lowest BCUT2D eigenvalue weighted by Gasteiger charge is -2.11. The van der Waals surface area contributed by atoms with Crippen LogP contribution in [0.1, 0.15) is 20.3 Å². The number of carbonyl (C=O) groups is 1. The summed E-state index contributed by atoms with van der Waals surface area (Å²) in [6, 6.07) is 7.64. The number of amides is 1. The molecule has 1 aromatic carbocycles. The third-order valence-corrected chi connectivity index (χ3v) is 4.47. The lowest BCUT2D eigenvalue weighted by atomic mass is 10.0. The van der Waals surface area contributed by atoms with E-state index in [4.69, 9.17) is 10.5 Å². The molecule has 1 amide bonds. The molecule has 0 saturated heterocycles. The van der Waals surface area contributed by atoms with Crippen molar-refractivity contribution in [2.45, 2.75) is 32.9 Å². The van der Waals surface area contributed by atoms with Gasteiger partial charge in [0.1, 0.15) is 6.04 Å². The SMILES string of the molecule is COCCn1c(=N[C@@H](CC(C)C)C(N)=O)sc2ccccc21. The summed E-state index contributed by atoms with van der Waals surface area (Å²) in [6.45, 7) is 5.43. The van der Waals surface area contributed by atoms with Crippen molar-refractivity contribution in [1.82, 2.24) is 4.57 Å². The fraction of sp³-hybridized carbons (Fsp3) is 0.500. The van der Waals surface area contributed by atoms with Crippen molar-refractivity contribution in [3.8, 4) is 0 Å². The van der Waals surface area contributed by atoms with Gasteiger partial charge in [0, 0.05) is 13.7 Å². The number of nitrogens with two attached hydrogens (primary N) is 1. The second-order valence-electron chi connectivity index (χ2n) is 5.67. The summed E-state index contributed by atoms with van der Waals surface area (Å²) < 4.78 is 8.43. The van der Waals surface area contributed by atoms with Gasteiger partial charge < -0.3 is 15.0 Å². The van der Waals surface area contributed by atoms with Gasteiger partial charge in [-0.05, 0) is 24.5 Å². The van der Waals surface area contributed by atoms with Crippen LogP contribution in [-0.4, -0.2) is 30.2 Å². The maximum atomic E-state index is 11.7. The van der Waals surface area contributed by atoms with Gasteiger partial charge in [-0.25, -0.2) is 4.99 Å². The molecule has 1 aromatic heterocycles. The molecule has 120 valence electrons. The number of thiazole rings is 1. The molecule has 0 aliphatic rings. The highest BCUT2D eigenvalue weighted by Crippen LogP contribution is 2.17. The van der Waals surface area contributed by atoms with Crippen LogP contribution < -0.4 is 10.5 Å². The Morgan fingerprint density at radius 2 is 2.14 bits per heavy atom. The minimum Gasteiger partial charge on any atom is -0.383 e. The first-order chi connectivity index (χ1) is 10.5. The predicted molar refractivity (Wildman–Crippen MR) is 89.7 cm³/mol. The summed E-state index contributed by atoms with van der Waals surface area (Å²) >= 11 is 1.58. The lowest BCUT2D eigenvalue weighted by molar-refractivity contribution is -0.119. The van der Waals surface area contributed by atoms with Crippen molar-refractivity contribution in [2.75, 3.05) is 13.7 Å². The lowest BCUT2D eigenvalue weighted by Crippen LogP contribution is -2.31. The van der Waals surface area contributed by atoms with Crippen LogP contribution in [0.25, 0.3) is 10.2 Å². The van der Waals surface area contributed by atoms with Gasteiger partial charge in [0.2, 0.25) is 5.91 Å². The number of benzene rings is 1. The molecule has 0 aliphatic heterocycles. The number of hydrogen-bond donors (Lipinski definition) is 1. The largest absolute Gasteiger partial charge is 0.383 e. The second-order valence-corrected chi connectivity index (χ2v) is 6.68. The summed E-state index contributed by atoms with van der Waals surface area (Å²) in [5.41, 5.74) is 6.62. The molecule has 0 bridgehead atoms. The first kappa shape index (κ1) is 16.7. The fourth-order valence-electron chi connectivity index (χ4n) is 2.33. The third kappa shape index (κ3) is 3.96. The number of carbonyl (C=O) groups excluding carboxylic acids is 1. The third-order valence-electron chi connectivity index (χ3n) is 3.40. The molecule has 0 spiro atoms. The van der Waals surface area contributed by atoms with Gasteiger partial charge in [-0.3, -0.25) is 4.79 Å². The summed E-state index contributed by atoms with van der Waals surface area (Å²) in [6.07, 6.45) is 0.661. The minimum atomic E-state index is -0.484. The molecule has 1 atom stereocenters. The summed E-state index contributed by atoms with van der Waals surface area (Å²) in [5, 5.41) is 0. The van der Waals surface area contributed by atoms with Gasteiger partial charge in [0.25, 0.3) is 0 Å². The van der Waals surface area contributed by atoms with Crippen LogP contribution >= 0.6 is 11.3 Å². The van der Waals surface area contributed by atoms with Crippen molar-refractivity contribution in [1.29, 1.82) is 0 Å². The van der Waals surface area contributed by atoms with Gasteiger partial charge in [0.15, 0.2) is 4.80 Å². The van der Waals surface area contributed by atoms with Crippen LogP contribution in [0.3, 0.4) is 0 Å². The van der Waals surface area contributed by atoms with Crippen molar-refractivity contribution in [3.63, 3.8) is 0 Å². The van der Waals surface area contributed by atoms with Gasteiger partial charge in [0.05, 0.1) is 16.8 Å². The molecule has 2 N–H and O–H groups in total. The fourth-order valence-corrected chi connectivity index (χ4v) is 3.44. The van der Waals surface area contributed by atoms with Gasteiger partial charge >= 0.3 is 0 Å². The van der Waals surface area contributed by atoms with E-state index in [1.807, 2.05) is 12.1 Å². The zero-order chi connectivity index (χ0) is 16.1. The molecule has 0 radical (unpaired) electrons. The average Bonchev–Trinajstić information content (AvgIpc) is 2.81. The summed E-state index contributed by atoms with van der Waals surface area (Å²) in [5.74, 6) is -0.00694. The predicted octanol–water partition coefficient (Wildman–Crippen LogP) is 2.15. The Morgan fingerprint density at radius 1 is 1.41 bits per heavy atom. The highest BCUT2D eigenvalue weighted by molar-refractivity contribution is 7.16. The van der Waals surface area contributed by atoms with Gasteiger partial charge in [-0.1, -0.05) is 37.3 Å². The number of ether oxygens (including phenoxy) is 1. The molecule has 0 aliphatic carbocycles. The molecule has 0 unspecified atom stereocenters. The molecule has 0 fully saturated rings. The minimum absolute atomic E-state index is 0.364. The number of rotatable bonds is 7. The maximum Gasteiger partial charge on any atom is 0.242 e. The average molecular weight is 321 g/mol. The van der Waals surface area contributed by atoms with E-state index < -0.39 is 6.04 Å². The van der Waals surface area contributed by atoms with Gasteiger partial charge in [-0.2, -0.15) is 0 Å². The summed E-state index contributed by atoms with van der Waals surface area (Å²) in [7, 11) is 1.68. The Morgan fingerprint density at radius 3 is 2.77 bits per heavy atom. The monoisotopic (exact) mass is 321 g/mol. The Kier molecular flexibility index (Phi) is 5.74. The second kappa shape index (κ2) is 7.56. The number of hydrogen-bond acceptors (Lipinski definition) is 4. The molecule has 22 heavy (non-hydrogen) atoms. The zero-order valence-electron chi connectivity index (χ0n) is 13.3. The quantitative estimate of drug-likeness (QED) is 0.849. The van der Waals surface area contributed by atoms with E-state index in [9.17, 15) is 4.79 Å². The zero-order valence-corrected chi connectivity index (χ0v) is 14.1. The molecule has 6 heteroatoms. The first-order valence-corrected chi connectivity index (χ1v) is 8.25. The van der Waals surface area contributed by atoms with E-state index in [-0.39, 0.29) is 5.91 Å². The van der Waals surface area contributed by atoms with Crippen molar-refractivity contribution >= 4 is 27.5 Å². The molecule has 2 aromatic rings. The number of methoxy groups -OCH3 is 1. The number of fused-ring (bicyclic) bond motifs is 1.